The van der Waals surface area contributed by atoms with Crippen LogP contribution in [0.4, 0.5) is 10.5 Å². The lowest BCUT2D eigenvalue weighted by Crippen LogP contribution is -2.60. The van der Waals surface area contributed by atoms with Gasteiger partial charge in [-0.1, -0.05) is 45.9 Å². The van der Waals surface area contributed by atoms with E-state index in [9.17, 15) is 19.5 Å². The van der Waals surface area contributed by atoms with Crippen molar-refractivity contribution in [1.82, 2.24) is 15.3 Å². The fourth-order valence-electron chi connectivity index (χ4n) is 8.25. The summed E-state index contributed by atoms with van der Waals surface area (Å²) in [5.74, 6) is -2.49. The van der Waals surface area contributed by atoms with E-state index >= 15 is 0 Å². The highest BCUT2D eigenvalue weighted by molar-refractivity contribution is 5.88. The van der Waals surface area contributed by atoms with Crippen LogP contribution in [0.3, 0.4) is 0 Å². The van der Waals surface area contributed by atoms with E-state index in [1.54, 1.807) is 46.1 Å². The standard InChI is InChI=1S/C38H60N4O9/c1-12-29-38(8)32(42(36(46)51-38)40-20-26-13-15-27(39)16-14-26)25(6)30(43)23(4)19-37(7,47-11)33(21(2)17-22(3)34(45)49-29)50-35-31(44)28(41(9)10)18-24(5)48-35/h13-17,21,23-25,28-29,31-33,35,40,44H,12,18-20,39H2,1-11H3/b22-17+/t21-,23+,24+,25-,28-,29+,31+,32+,33+,35-,37-,38+/m0/s1. The predicted molar refractivity (Wildman–Crippen MR) is 192 cm³/mol. The van der Waals surface area contributed by atoms with Crippen LogP contribution in [-0.2, 0) is 39.8 Å². The number of anilines is 1. The number of nitrogens with one attached hydrogen (secondary N) is 1. The van der Waals surface area contributed by atoms with Gasteiger partial charge < -0.3 is 39.4 Å². The normalized spacial score (nSPS) is 39.5. The van der Waals surface area contributed by atoms with Crippen LogP contribution in [-0.4, -0.2) is 108 Å². The number of carbonyl (C=O) groups excluding carboxylic acids is 3. The molecule has 13 heteroatoms. The Hall–Kier alpha value is -3.07. The van der Waals surface area contributed by atoms with Gasteiger partial charge in [0.1, 0.15) is 24.0 Å². The Labute approximate surface area is 303 Å². The minimum absolute atomic E-state index is 0.126. The highest BCUT2D eigenvalue weighted by Crippen LogP contribution is 2.42. The average molecular weight is 717 g/mol. The fraction of sp³-hybridized carbons (Fsp3) is 0.711. The molecule has 51 heavy (non-hydrogen) atoms. The van der Waals surface area contributed by atoms with Crippen molar-refractivity contribution < 1.29 is 43.2 Å². The van der Waals surface area contributed by atoms with Gasteiger partial charge in [0.2, 0.25) is 0 Å². The lowest BCUT2D eigenvalue weighted by atomic mass is 9.74. The first-order valence-electron chi connectivity index (χ1n) is 18.1. The van der Waals surface area contributed by atoms with Crippen LogP contribution in [0.5, 0.6) is 0 Å². The molecule has 1 amide bonds. The maximum Gasteiger partial charge on any atom is 0.425 e. The molecule has 3 aliphatic rings. The molecule has 4 N–H and O–H groups in total. The Kier molecular flexibility index (Phi) is 13.0. The fourth-order valence-corrected chi connectivity index (χ4v) is 8.25. The number of fused-ring (bicyclic) bond motifs is 1. The second-order valence-corrected chi connectivity index (χ2v) is 15.4. The average Bonchev–Trinajstić information content (AvgIpc) is 3.34. The largest absolute Gasteiger partial charge is 0.455 e. The van der Waals surface area contributed by atoms with E-state index in [1.807, 2.05) is 65.7 Å². The molecule has 2 fully saturated rings. The summed E-state index contributed by atoms with van der Waals surface area (Å²) >= 11 is 0. The van der Waals surface area contributed by atoms with E-state index in [1.165, 1.54) is 5.01 Å². The van der Waals surface area contributed by atoms with Crippen LogP contribution >= 0.6 is 0 Å². The van der Waals surface area contributed by atoms with Crippen LogP contribution in [0.25, 0.3) is 0 Å². The minimum Gasteiger partial charge on any atom is -0.455 e. The SMILES string of the molecule is CC[C@H]1OC(=O)/C(C)=C/[C@H](C)[C@@H](O[C@@H]2O[C@H](C)C[C@H](N(C)C)[C@H]2O)[C@@](C)(OC)C[C@@H](C)C(=O)[C@H](C)[C@H]2N(NCc3ccc(N)cc3)C(=O)O[C@]12C. The lowest BCUT2D eigenvalue weighted by Gasteiger charge is -2.46. The van der Waals surface area contributed by atoms with Crippen LogP contribution in [0, 0.1) is 17.8 Å². The topological polar surface area (TPSA) is 162 Å². The number of rotatable bonds is 8. The van der Waals surface area contributed by atoms with Crippen molar-refractivity contribution in [2.45, 2.75) is 135 Å². The number of benzene rings is 1. The van der Waals surface area contributed by atoms with Gasteiger partial charge in [-0.05, 0) is 78.7 Å². The van der Waals surface area contributed by atoms with E-state index in [-0.39, 0.29) is 30.9 Å². The maximum absolute atomic E-state index is 14.5. The van der Waals surface area contributed by atoms with Crippen molar-refractivity contribution in [2.24, 2.45) is 17.8 Å². The molecule has 0 radical (unpaired) electrons. The van der Waals surface area contributed by atoms with Crippen molar-refractivity contribution in [3.8, 4) is 0 Å². The number of cyclic esters (lactones) is 1. The number of aliphatic hydroxyl groups excluding tert-OH is 1. The number of Topliss-reactive ketones (excluding diaryl/α,β-unsaturated/α-hetero) is 1. The van der Waals surface area contributed by atoms with Gasteiger partial charge in [0, 0.05) is 48.7 Å². The molecule has 0 bridgehead atoms. The van der Waals surface area contributed by atoms with Crippen LogP contribution < -0.4 is 11.2 Å². The highest BCUT2D eigenvalue weighted by Gasteiger charge is 2.60. The number of aliphatic hydroxyl groups is 1. The quantitative estimate of drug-likeness (QED) is 0.260. The van der Waals surface area contributed by atoms with Crippen molar-refractivity contribution >= 4 is 23.5 Å². The summed E-state index contributed by atoms with van der Waals surface area (Å²) in [6.45, 7) is 14.9. The summed E-state index contributed by atoms with van der Waals surface area (Å²) < 4.78 is 31.3. The summed E-state index contributed by atoms with van der Waals surface area (Å²) in [6.07, 6.45) is -1.47. The van der Waals surface area contributed by atoms with Crippen LogP contribution in [0.2, 0.25) is 0 Å². The number of nitrogen functional groups attached to an aromatic ring is 1. The van der Waals surface area contributed by atoms with Gasteiger partial charge in [0.15, 0.2) is 11.9 Å². The predicted octanol–water partition coefficient (Wildman–Crippen LogP) is 4.22. The van der Waals surface area contributed by atoms with Gasteiger partial charge >= 0.3 is 12.1 Å². The first kappa shape index (κ1) is 40.7. The Morgan fingerprint density at radius 3 is 2.33 bits per heavy atom. The number of likely N-dealkylation sites (N-methyl/N-ethyl adjacent to an activating group) is 1. The second-order valence-electron chi connectivity index (χ2n) is 15.4. The number of ether oxygens (including phenoxy) is 5. The second kappa shape index (κ2) is 16.3. The molecule has 2 saturated heterocycles. The van der Waals surface area contributed by atoms with Gasteiger partial charge in [-0.3, -0.25) is 4.79 Å². The van der Waals surface area contributed by atoms with Crippen molar-refractivity contribution in [3.05, 3.63) is 41.5 Å². The monoisotopic (exact) mass is 716 g/mol. The van der Waals surface area contributed by atoms with E-state index in [2.05, 4.69) is 5.43 Å². The number of hydrogen-bond acceptors (Lipinski definition) is 12. The minimum atomic E-state index is -1.37. The van der Waals surface area contributed by atoms with Crippen molar-refractivity contribution in [2.75, 3.05) is 26.9 Å². The lowest BCUT2D eigenvalue weighted by molar-refractivity contribution is -0.294. The number of amides is 1. The molecule has 0 unspecified atom stereocenters. The Morgan fingerprint density at radius 2 is 1.75 bits per heavy atom. The van der Waals surface area contributed by atoms with Crippen LogP contribution in [0.1, 0.15) is 80.2 Å². The molecular formula is C38H60N4O9. The molecule has 12 atom stereocenters. The van der Waals surface area contributed by atoms with E-state index in [4.69, 9.17) is 29.4 Å². The van der Waals surface area contributed by atoms with Gasteiger partial charge in [0.25, 0.3) is 0 Å². The smallest absolute Gasteiger partial charge is 0.425 e. The third-order valence-electron chi connectivity index (χ3n) is 11.1. The molecule has 13 nitrogen and oxygen atoms in total. The number of methoxy groups -OCH3 is 1. The number of esters is 1. The molecule has 1 aromatic carbocycles. The molecule has 0 spiro atoms. The first-order valence-corrected chi connectivity index (χ1v) is 18.1. The van der Waals surface area contributed by atoms with Crippen molar-refractivity contribution in [3.63, 3.8) is 0 Å². The molecule has 3 aliphatic heterocycles. The van der Waals surface area contributed by atoms with Gasteiger partial charge in [-0.2, -0.15) is 0 Å². The summed E-state index contributed by atoms with van der Waals surface area (Å²) in [4.78, 5) is 43.9. The molecule has 4 rings (SSSR count). The third-order valence-corrected chi connectivity index (χ3v) is 11.1. The van der Waals surface area contributed by atoms with Crippen molar-refractivity contribution in [1.29, 1.82) is 0 Å². The summed E-state index contributed by atoms with van der Waals surface area (Å²) in [5, 5.41) is 12.8. The molecule has 1 aromatic rings. The first-order chi connectivity index (χ1) is 23.9. The summed E-state index contributed by atoms with van der Waals surface area (Å²) in [6, 6.07) is 6.20. The van der Waals surface area contributed by atoms with E-state index < -0.39 is 71.7 Å². The number of carbonyl (C=O) groups is 3. The summed E-state index contributed by atoms with van der Waals surface area (Å²) in [7, 11) is 5.38. The number of nitrogens with two attached hydrogens (primary N) is 1. The molecule has 0 aliphatic carbocycles. The Morgan fingerprint density at radius 1 is 1.10 bits per heavy atom. The van der Waals surface area contributed by atoms with Crippen LogP contribution in [0.15, 0.2) is 35.9 Å². The van der Waals surface area contributed by atoms with E-state index in [0.717, 1.165) is 5.56 Å². The third kappa shape index (κ3) is 8.60. The molecular weight excluding hydrogens is 656 g/mol. The number of hydrazine groups is 1. The van der Waals surface area contributed by atoms with E-state index in [0.29, 0.717) is 24.1 Å². The summed E-state index contributed by atoms with van der Waals surface area (Å²) in [5.41, 5.74) is 8.42. The maximum atomic E-state index is 14.5. The number of hydrogen-bond donors (Lipinski definition) is 3. The molecule has 0 saturated carbocycles. The number of nitrogens with zero attached hydrogens (tertiary/aromatic N) is 2. The van der Waals surface area contributed by atoms with Gasteiger partial charge in [0.05, 0.1) is 17.8 Å². The van der Waals surface area contributed by atoms with Gasteiger partial charge in [-0.15, -0.1) is 0 Å². The zero-order chi connectivity index (χ0) is 38.0. The molecule has 0 aromatic heterocycles. The molecule has 3 heterocycles. The molecule has 286 valence electrons. The zero-order valence-electron chi connectivity index (χ0n) is 32.2. The number of ketones is 1. The van der Waals surface area contributed by atoms with Gasteiger partial charge in [-0.25, -0.2) is 20.0 Å². The highest BCUT2D eigenvalue weighted by atomic mass is 16.7. The Balaban J connectivity index is 1.76. The zero-order valence-corrected chi connectivity index (χ0v) is 32.2. The Bertz CT molecular complexity index is 1420.